The van der Waals surface area contributed by atoms with Gasteiger partial charge >= 0.3 is 0 Å². The molecule has 0 saturated heterocycles. The number of aromatic hydroxyl groups is 1. The van der Waals surface area contributed by atoms with Crippen LogP contribution in [-0.2, 0) is 0 Å². The van der Waals surface area contributed by atoms with Gasteiger partial charge in [0.15, 0.2) is 0 Å². The summed E-state index contributed by atoms with van der Waals surface area (Å²) in [6, 6.07) is 15.7. The third kappa shape index (κ3) is 3.15. The molecule has 1 heterocycles. The van der Waals surface area contributed by atoms with Crippen molar-refractivity contribution >= 4 is 16.8 Å². The number of methoxy groups -OCH3 is 1. The molecule has 2 aromatic carbocycles. The highest BCUT2D eigenvalue weighted by molar-refractivity contribution is 5.97. The Morgan fingerprint density at radius 2 is 1.88 bits per heavy atom. The van der Waals surface area contributed by atoms with Gasteiger partial charge in [-0.2, -0.15) is 0 Å². The van der Waals surface area contributed by atoms with E-state index in [2.05, 4.69) is 10.3 Å². The average molecular weight is 322 g/mol. The summed E-state index contributed by atoms with van der Waals surface area (Å²) in [4.78, 5) is 16.9. The fraction of sp³-hybridized carbons (Fsp3) is 0.158. The van der Waals surface area contributed by atoms with Gasteiger partial charge in [0.2, 0.25) is 0 Å². The average Bonchev–Trinajstić information content (AvgIpc) is 2.61. The van der Waals surface area contributed by atoms with Crippen molar-refractivity contribution in [3.63, 3.8) is 0 Å². The molecule has 5 heteroatoms. The molecular weight excluding hydrogens is 304 g/mol. The minimum Gasteiger partial charge on any atom is -0.508 e. The van der Waals surface area contributed by atoms with E-state index in [1.54, 1.807) is 37.4 Å². The lowest BCUT2D eigenvalue weighted by molar-refractivity contribution is 0.0935. The van der Waals surface area contributed by atoms with E-state index in [1.807, 2.05) is 31.2 Å². The first-order valence-electron chi connectivity index (χ1n) is 7.62. The van der Waals surface area contributed by atoms with Crippen molar-refractivity contribution in [2.24, 2.45) is 0 Å². The van der Waals surface area contributed by atoms with Crippen LogP contribution in [0.2, 0.25) is 0 Å². The Hall–Kier alpha value is -3.08. The molecule has 3 aromatic rings. The minimum absolute atomic E-state index is 0.193. The molecule has 0 spiro atoms. The van der Waals surface area contributed by atoms with Crippen molar-refractivity contribution in [3.05, 3.63) is 65.9 Å². The Morgan fingerprint density at radius 3 is 2.58 bits per heavy atom. The van der Waals surface area contributed by atoms with Crippen LogP contribution in [0.4, 0.5) is 0 Å². The van der Waals surface area contributed by atoms with E-state index in [0.717, 1.165) is 10.9 Å². The van der Waals surface area contributed by atoms with E-state index >= 15 is 0 Å². The monoisotopic (exact) mass is 322 g/mol. The quantitative estimate of drug-likeness (QED) is 0.772. The third-order valence-electron chi connectivity index (χ3n) is 3.87. The zero-order chi connectivity index (χ0) is 17.1. The Labute approximate surface area is 139 Å². The molecule has 0 aliphatic carbocycles. The second-order valence-corrected chi connectivity index (χ2v) is 5.51. The van der Waals surface area contributed by atoms with Crippen molar-refractivity contribution in [1.29, 1.82) is 0 Å². The number of nitrogens with one attached hydrogen (secondary N) is 1. The highest BCUT2D eigenvalue weighted by atomic mass is 16.5. The topological polar surface area (TPSA) is 71.5 Å². The number of nitrogens with zero attached hydrogens (tertiary/aromatic N) is 1. The largest absolute Gasteiger partial charge is 0.508 e. The smallest absolute Gasteiger partial charge is 0.270 e. The number of amides is 1. The summed E-state index contributed by atoms with van der Waals surface area (Å²) in [6.45, 7) is 1.88. The van der Waals surface area contributed by atoms with Gasteiger partial charge in [-0.25, -0.2) is 4.98 Å². The van der Waals surface area contributed by atoms with E-state index in [0.29, 0.717) is 17.0 Å². The fourth-order valence-electron chi connectivity index (χ4n) is 2.55. The molecule has 0 bridgehead atoms. The lowest BCUT2D eigenvalue weighted by Crippen LogP contribution is -2.27. The van der Waals surface area contributed by atoms with Gasteiger partial charge in [0, 0.05) is 11.5 Å². The van der Waals surface area contributed by atoms with Crippen molar-refractivity contribution in [2.45, 2.75) is 13.0 Å². The number of fused-ring (bicyclic) bond motifs is 1. The summed E-state index contributed by atoms with van der Waals surface area (Å²) < 4.78 is 5.37. The van der Waals surface area contributed by atoms with E-state index in [9.17, 15) is 9.90 Å². The fourth-order valence-corrected chi connectivity index (χ4v) is 2.55. The molecule has 1 atom stereocenters. The molecule has 0 aliphatic heterocycles. The summed E-state index contributed by atoms with van der Waals surface area (Å²) >= 11 is 0. The number of para-hydroxylation sites is 1. The van der Waals surface area contributed by atoms with Crippen LogP contribution in [0.1, 0.15) is 29.0 Å². The molecular formula is C19H18N2O3. The molecule has 0 fully saturated rings. The maximum absolute atomic E-state index is 12.5. The number of carbonyl (C=O) groups is 1. The molecule has 0 radical (unpaired) electrons. The van der Waals surface area contributed by atoms with E-state index < -0.39 is 0 Å². The van der Waals surface area contributed by atoms with Crippen LogP contribution in [-0.4, -0.2) is 23.1 Å². The predicted octanol–water partition coefficient (Wildman–Crippen LogP) is 3.44. The maximum atomic E-state index is 12.5. The number of hydrogen-bond acceptors (Lipinski definition) is 4. The Bertz CT molecular complexity index is 875. The second kappa shape index (κ2) is 6.58. The number of carbonyl (C=O) groups excluding carboxylic acids is 1. The minimum atomic E-state index is -0.278. The van der Waals surface area contributed by atoms with E-state index in [4.69, 9.17) is 4.74 Å². The molecule has 0 saturated carbocycles. The number of phenols is 1. The first-order valence-corrected chi connectivity index (χ1v) is 7.62. The van der Waals surface area contributed by atoms with Crippen molar-refractivity contribution < 1.29 is 14.6 Å². The van der Waals surface area contributed by atoms with Gasteiger partial charge < -0.3 is 15.2 Å². The highest BCUT2D eigenvalue weighted by Gasteiger charge is 2.15. The number of benzene rings is 2. The van der Waals surface area contributed by atoms with Gasteiger partial charge in [-0.1, -0.05) is 24.3 Å². The number of ether oxygens (including phenoxy) is 1. The van der Waals surface area contributed by atoms with Gasteiger partial charge in [0.25, 0.3) is 5.91 Å². The van der Waals surface area contributed by atoms with Gasteiger partial charge in [-0.05, 0) is 36.8 Å². The Morgan fingerprint density at radius 1 is 1.17 bits per heavy atom. The molecule has 3 rings (SSSR count). The first kappa shape index (κ1) is 15.8. The molecule has 0 aliphatic rings. The molecule has 5 nitrogen and oxygen atoms in total. The molecule has 1 amide bonds. The normalized spacial score (nSPS) is 11.9. The van der Waals surface area contributed by atoms with E-state index in [-0.39, 0.29) is 17.7 Å². The third-order valence-corrected chi connectivity index (χ3v) is 3.87. The lowest BCUT2D eigenvalue weighted by Gasteiger charge is -2.15. The lowest BCUT2D eigenvalue weighted by atomic mass is 10.1. The van der Waals surface area contributed by atoms with E-state index in [1.165, 1.54) is 0 Å². The van der Waals surface area contributed by atoms with Crippen LogP contribution >= 0.6 is 0 Å². The Balaban J connectivity index is 1.87. The van der Waals surface area contributed by atoms with Gasteiger partial charge in [-0.15, -0.1) is 0 Å². The van der Waals surface area contributed by atoms with Crippen molar-refractivity contribution in [3.8, 4) is 11.5 Å². The molecule has 2 N–H and O–H groups in total. The molecule has 0 unspecified atom stereocenters. The molecule has 1 aromatic heterocycles. The predicted molar refractivity (Wildman–Crippen MR) is 92.3 cm³/mol. The van der Waals surface area contributed by atoms with Gasteiger partial charge in [0.1, 0.15) is 17.2 Å². The van der Waals surface area contributed by atoms with Crippen LogP contribution in [0.3, 0.4) is 0 Å². The summed E-state index contributed by atoms with van der Waals surface area (Å²) in [5, 5.41) is 13.1. The number of pyridine rings is 1. The number of hydrogen-bond donors (Lipinski definition) is 2. The van der Waals surface area contributed by atoms with Crippen molar-refractivity contribution in [1.82, 2.24) is 10.3 Å². The summed E-state index contributed by atoms with van der Waals surface area (Å²) in [7, 11) is 1.57. The number of phenolic OH excluding ortho intramolecular Hbond substituents is 1. The zero-order valence-electron chi connectivity index (χ0n) is 13.5. The first-order chi connectivity index (χ1) is 11.6. The van der Waals surface area contributed by atoms with Gasteiger partial charge in [-0.3, -0.25) is 4.79 Å². The van der Waals surface area contributed by atoms with Crippen LogP contribution in [0.5, 0.6) is 11.5 Å². The molecule has 122 valence electrons. The number of rotatable bonds is 4. The van der Waals surface area contributed by atoms with Crippen LogP contribution in [0.25, 0.3) is 10.9 Å². The summed E-state index contributed by atoms with van der Waals surface area (Å²) in [5.74, 6) is 0.529. The second-order valence-electron chi connectivity index (χ2n) is 5.51. The standard InChI is InChI=1S/C19H18N2O3/c1-12(13-7-9-14(22)10-8-13)20-19(23)17-11-18(24-2)15-5-3-4-6-16(15)21-17/h3-12,22H,1-2H3,(H,20,23)/t12-/m1/s1. The molecule has 24 heavy (non-hydrogen) atoms. The highest BCUT2D eigenvalue weighted by Crippen LogP contribution is 2.25. The number of aromatic nitrogens is 1. The summed E-state index contributed by atoms with van der Waals surface area (Å²) in [6.07, 6.45) is 0. The zero-order valence-corrected chi connectivity index (χ0v) is 13.5. The van der Waals surface area contributed by atoms with Gasteiger partial charge in [0.05, 0.1) is 18.7 Å². The van der Waals surface area contributed by atoms with Crippen LogP contribution in [0, 0.1) is 0 Å². The van der Waals surface area contributed by atoms with Crippen LogP contribution in [0.15, 0.2) is 54.6 Å². The maximum Gasteiger partial charge on any atom is 0.270 e. The SMILES string of the molecule is COc1cc(C(=O)N[C@H](C)c2ccc(O)cc2)nc2ccccc12. The van der Waals surface area contributed by atoms with Crippen LogP contribution < -0.4 is 10.1 Å². The summed E-state index contributed by atoms with van der Waals surface area (Å²) in [5.41, 5.74) is 1.91. The Kier molecular flexibility index (Phi) is 4.33. The van der Waals surface area contributed by atoms with Crippen molar-refractivity contribution in [2.75, 3.05) is 7.11 Å².